The van der Waals surface area contributed by atoms with E-state index in [9.17, 15) is 39.5 Å². The second kappa shape index (κ2) is 21.6. The van der Waals surface area contributed by atoms with E-state index in [-0.39, 0.29) is 34.5 Å². The Bertz CT molecular complexity index is 2150. The fraction of sp³-hybridized carbons (Fsp3) is 0.400. The molecule has 17 heteroatoms. The lowest BCUT2D eigenvalue weighted by molar-refractivity contribution is 0.00578. The van der Waals surface area contributed by atoms with E-state index in [4.69, 9.17) is 9.31 Å². The highest BCUT2D eigenvalue weighted by molar-refractivity contribution is 9.11. The van der Waals surface area contributed by atoms with E-state index in [2.05, 4.69) is 36.8 Å². The summed E-state index contributed by atoms with van der Waals surface area (Å²) in [5.41, 5.74) is 1.12. The summed E-state index contributed by atoms with van der Waals surface area (Å²) in [6.45, 7) is 8.19. The smallest absolute Gasteiger partial charge is 0.399 e. The van der Waals surface area contributed by atoms with Gasteiger partial charge in [-0.05, 0) is 125 Å². The van der Waals surface area contributed by atoms with Crippen LogP contribution >= 0.6 is 31.9 Å². The number of benzene rings is 3. The maximum Gasteiger partial charge on any atom is 0.495 e. The van der Waals surface area contributed by atoms with Gasteiger partial charge in [-0.25, -0.2) is 39.5 Å². The van der Waals surface area contributed by atoms with Crippen LogP contribution in [0, 0.1) is 17.5 Å². The lowest BCUT2D eigenvalue weighted by Gasteiger charge is -2.32. The van der Waals surface area contributed by atoms with Gasteiger partial charge in [-0.2, -0.15) is 0 Å². The number of rotatable bonds is 6. The number of halogens is 11. The molecule has 1 aliphatic heterocycles. The molecule has 0 bridgehead atoms. The van der Waals surface area contributed by atoms with Gasteiger partial charge in [0.15, 0.2) is 0 Å². The average molecular weight is 945 g/mol. The Balaban J connectivity index is 0.000000414. The maximum atomic E-state index is 14.0. The van der Waals surface area contributed by atoms with Gasteiger partial charge in [0.1, 0.15) is 17.5 Å². The molecular weight excluding hydrogens is 896 g/mol. The molecule has 1 saturated heterocycles. The summed E-state index contributed by atoms with van der Waals surface area (Å²) in [5.74, 6) is -1.17. The lowest BCUT2D eigenvalue weighted by atomic mass is 9.77. The molecule has 6 aromatic rings. The molecule has 0 unspecified atom stereocenters. The van der Waals surface area contributed by atoms with Gasteiger partial charge in [0, 0.05) is 50.2 Å². The molecule has 1 N–H and O–H groups in total. The van der Waals surface area contributed by atoms with Crippen LogP contribution in [0.25, 0.3) is 32.7 Å². The van der Waals surface area contributed by atoms with Crippen LogP contribution in [0.2, 0.25) is 0 Å². The molecule has 1 aliphatic rings. The Morgan fingerprint density at radius 1 is 0.632 bits per heavy atom. The Labute approximate surface area is 345 Å². The van der Waals surface area contributed by atoms with Crippen molar-refractivity contribution in [2.75, 3.05) is 0 Å². The number of H-pyrrole nitrogens is 1. The highest BCUT2D eigenvalue weighted by atomic mass is 79.9. The Morgan fingerprint density at radius 2 is 1.05 bits per heavy atom. The Morgan fingerprint density at radius 3 is 1.53 bits per heavy atom. The third-order valence-electron chi connectivity index (χ3n) is 8.76. The van der Waals surface area contributed by atoms with Crippen LogP contribution in [0.3, 0.4) is 0 Å². The van der Waals surface area contributed by atoms with E-state index in [0.717, 1.165) is 20.8 Å². The largest absolute Gasteiger partial charge is 0.495 e. The monoisotopic (exact) mass is 943 g/mol. The molecular formula is C40H49BBr2F9N3O2. The lowest BCUT2D eigenvalue weighted by Crippen LogP contribution is -2.41. The summed E-state index contributed by atoms with van der Waals surface area (Å²) in [7, 11) is -0.736. The first-order chi connectivity index (χ1) is 25.2. The van der Waals surface area contributed by atoms with Gasteiger partial charge in [-0.1, -0.05) is 29.2 Å². The molecule has 0 spiro atoms. The first-order valence-corrected chi connectivity index (χ1v) is 18.2. The summed E-state index contributed by atoms with van der Waals surface area (Å²) >= 11 is 6.45. The van der Waals surface area contributed by atoms with Crippen molar-refractivity contribution in [2.24, 2.45) is 0 Å². The number of nitrogens with one attached hydrogen (secondary N) is 1. The van der Waals surface area contributed by atoms with Crippen LogP contribution in [0.1, 0.15) is 63.3 Å². The van der Waals surface area contributed by atoms with Gasteiger partial charge >= 0.3 is 7.12 Å². The van der Waals surface area contributed by atoms with E-state index < -0.39 is 62.3 Å². The molecule has 7 rings (SSSR count). The van der Waals surface area contributed by atoms with Gasteiger partial charge in [0.05, 0.1) is 35.3 Å². The van der Waals surface area contributed by atoms with Crippen LogP contribution in [0.15, 0.2) is 82.1 Å². The average Bonchev–Trinajstić information content (AvgIpc) is 3.83. The summed E-state index contributed by atoms with van der Waals surface area (Å²) in [6, 6.07) is 13.4. The second-order valence-electron chi connectivity index (χ2n) is 13.2. The van der Waals surface area contributed by atoms with E-state index in [1.165, 1.54) is 64.8 Å². The fourth-order valence-electron chi connectivity index (χ4n) is 5.38. The van der Waals surface area contributed by atoms with Gasteiger partial charge in [-0.15, -0.1) is 0 Å². The quantitative estimate of drug-likeness (QED) is 0.134. The molecule has 0 saturated carbocycles. The number of fused-ring (bicyclic) bond motifs is 3. The number of aromatic nitrogens is 3. The topological polar surface area (TPSA) is 44.1 Å². The molecule has 0 amide bonds. The molecule has 1 fully saturated rings. The SMILES string of the molecule is C.C.C.CC1(C)OB(c2cc(F)cc3c2ccn3CC(F)F)OC1(C)C.CCC(F)F.Fc1cc(Br)c2cc[nH]c2c1.Fc1cc(Br)c2ccn(CC(F)F)c2c1. The minimum atomic E-state index is -2.51. The van der Waals surface area contributed by atoms with E-state index in [1.807, 2.05) is 33.8 Å². The van der Waals surface area contributed by atoms with Crippen molar-refractivity contribution >= 4 is 77.1 Å². The molecule has 5 nitrogen and oxygen atoms in total. The van der Waals surface area contributed by atoms with Crippen LogP contribution in [0.5, 0.6) is 0 Å². The number of hydrogen-bond acceptors (Lipinski definition) is 2. The zero-order chi connectivity index (χ0) is 40.1. The predicted molar refractivity (Wildman–Crippen MR) is 222 cm³/mol. The summed E-state index contributed by atoms with van der Waals surface area (Å²) in [6.07, 6.45) is -2.24. The summed E-state index contributed by atoms with van der Waals surface area (Å²) < 4.78 is 127. The minimum absolute atomic E-state index is 0. The van der Waals surface area contributed by atoms with Gasteiger partial charge in [0.2, 0.25) is 6.43 Å². The standard InChI is InChI=1S/C16H19BF3NO2.C10H7BrF3N.C8H5BrFN.C3H6F2.3CH4/c1-15(2)16(3,4)23-17(22-15)12-7-10(18)8-13-11(12)5-6-21(13)9-14(19)20;11-8-3-6(12)4-9-7(8)1-2-15(9)5-10(13)14;9-7-3-5(10)4-8-6(7)1-2-11-8;1-2-3(4)5;;;/h5-8,14H,9H2,1-4H3;1-4,10H,5H2;1-4,11H;3H,2H2,1H3;3*1H4. The summed E-state index contributed by atoms with van der Waals surface area (Å²) in [4.78, 5) is 2.93. The van der Waals surface area contributed by atoms with Gasteiger partial charge < -0.3 is 23.4 Å². The number of nitrogens with zero attached hydrogens (tertiary/aromatic N) is 2. The molecule has 0 atom stereocenters. The van der Waals surface area contributed by atoms with Gasteiger partial charge in [0.25, 0.3) is 12.9 Å². The normalized spacial score (nSPS) is 14.0. The van der Waals surface area contributed by atoms with E-state index in [0.29, 0.717) is 26.4 Å². The highest BCUT2D eigenvalue weighted by Gasteiger charge is 2.52. The Hall–Kier alpha value is -3.41. The molecule has 3 aromatic heterocycles. The second-order valence-corrected chi connectivity index (χ2v) is 14.9. The third-order valence-corrected chi connectivity index (χ3v) is 10.1. The van der Waals surface area contributed by atoms with E-state index in [1.54, 1.807) is 18.3 Å². The van der Waals surface area contributed by atoms with Crippen LogP contribution in [-0.4, -0.2) is 51.7 Å². The first-order valence-electron chi connectivity index (χ1n) is 16.6. The zero-order valence-corrected chi connectivity index (χ0v) is 32.9. The van der Waals surface area contributed by atoms with Crippen molar-refractivity contribution in [2.45, 2.75) is 107 Å². The van der Waals surface area contributed by atoms with Gasteiger partial charge in [-0.3, -0.25) is 0 Å². The third kappa shape index (κ3) is 13.0. The van der Waals surface area contributed by atoms with Crippen LogP contribution in [0.4, 0.5) is 39.5 Å². The number of hydrogen-bond donors (Lipinski definition) is 1. The van der Waals surface area contributed by atoms with Crippen molar-refractivity contribution in [1.82, 2.24) is 14.1 Å². The molecule has 0 aliphatic carbocycles. The number of alkyl halides is 6. The summed E-state index contributed by atoms with van der Waals surface area (Å²) in [5, 5.41) is 2.40. The predicted octanol–water partition coefficient (Wildman–Crippen LogP) is 13.8. The fourth-order valence-corrected chi connectivity index (χ4v) is 6.49. The maximum absolute atomic E-state index is 14.0. The molecule has 4 heterocycles. The van der Waals surface area contributed by atoms with Crippen molar-refractivity contribution in [1.29, 1.82) is 0 Å². The van der Waals surface area contributed by atoms with E-state index >= 15 is 0 Å². The first kappa shape index (κ1) is 51.6. The van der Waals surface area contributed by atoms with Crippen molar-refractivity contribution in [3.8, 4) is 0 Å². The molecule has 3 aromatic carbocycles. The molecule has 316 valence electrons. The zero-order valence-electron chi connectivity index (χ0n) is 29.7. The highest BCUT2D eigenvalue weighted by Crippen LogP contribution is 2.37. The minimum Gasteiger partial charge on any atom is -0.399 e. The Kier molecular flexibility index (Phi) is 19.5. The van der Waals surface area contributed by atoms with Crippen LogP contribution in [-0.2, 0) is 22.4 Å². The number of aromatic amines is 1. The van der Waals surface area contributed by atoms with Crippen molar-refractivity contribution < 1.29 is 48.8 Å². The van der Waals surface area contributed by atoms with Crippen LogP contribution < -0.4 is 5.46 Å². The van der Waals surface area contributed by atoms with Crippen molar-refractivity contribution in [3.63, 3.8) is 0 Å². The van der Waals surface area contributed by atoms with Crippen molar-refractivity contribution in [3.05, 3.63) is 99.6 Å². The molecule has 0 radical (unpaired) electrons. The molecule has 57 heavy (non-hydrogen) atoms.